The van der Waals surface area contributed by atoms with Crippen molar-refractivity contribution in [3.05, 3.63) is 93.4 Å². The van der Waals surface area contributed by atoms with Crippen LogP contribution < -0.4 is 0 Å². The van der Waals surface area contributed by atoms with Gasteiger partial charge in [-0.2, -0.15) is 5.10 Å². The van der Waals surface area contributed by atoms with Crippen LogP contribution in [-0.2, 0) is 9.53 Å². The topological polar surface area (TPSA) is 70.6 Å². The number of ether oxygens (including phenoxy) is 1. The Balaban J connectivity index is 1.68. The van der Waals surface area contributed by atoms with Crippen LogP contribution in [0.15, 0.2) is 76.4 Å². The number of carbonyl (C=O) groups is 1. The molecule has 0 bridgehead atoms. The normalized spacial score (nSPS) is 17.4. The van der Waals surface area contributed by atoms with Gasteiger partial charge in [-0.3, -0.25) is 5.10 Å². The number of allylic oxidation sites excluding steroid dienone is 1. The number of amidine groups is 1. The largest absolute Gasteiger partial charge is 0.463 e. The number of fused-ring (bicyclic) bond motifs is 1. The highest BCUT2D eigenvalue weighted by Crippen LogP contribution is 2.48. The number of carbonyl (C=O) groups excluding carboxylic acids is 1. The summed E-state index contributed by atoms with van der Waals surface area (Å²) in [6, 6.07) is 13.1. The van der Waals surface area contributed by atoms with Gasteiger partial charge in [0.05, 0.1) is 41.5 Å². The summed E-state index contributed by atoms with van der Waals surface area (Å²) >= 11 is 7.60. The van der Waals surface area contributed by atoms with Crippen molar-refractivity contribution in [1.29, 1.82) is 0 Å². The van der Waals surface area contributed by atoms with Gasteiger partial charge in [-0.1, -0.05) is 35.5 Å². The van der Waals surface area contributed by atoms with E-state index in [0.29, 0.717) is 22.0 Å². The van der Waals surface area contributed by atoms with E-state index >= 15 is 0 Å². The number of hydrogen-bond acceptors (Lipinski definition) is 6. The van der Waals surface area contributed by atoms with E-state index in [4.69, 9.17) is 21.3 Å². The number of halogens is 2. The van der Waals surface area contributed by atoms with Gasteiger partial charge in [0.1, 0.15) is 5.82 Å². The number of nitrogens with zero attached hydrogens (tertiary/aromatic N) is 3. The summed E-state index contributed by atoms with van der Waals surface area (Å²) in [4.78, 5) is 19.9. The predicted octanol–water partition coefficient (Wildman–Crippen LogP) is 6.16. The van der Waals surface area contributed by atoms with Gasteiger partial charge in [0.2, 0.25) is 0 Å². The number of esters is 1. The van der Waals surface area contributed by atoms with Crippen molar-refractivity contribution in [1.82, 2.24) is 15.1 Å². The number of aliphatic imine (C=N–C) groups is 1. The number of hydrogen-bond donors (Lipinski definition) is 1. The lowest BCUT2D eigenvalue weighted by Gasteiger charge is -2.36. The maximum Gasteiger partial charge on any atom is 0.338 e. The van der Waals surface area contributed by atoms with Crippen LogP contribution >= 0.6 is 23.4 Å². The average molecular weight is 495 g/mol. The van der Waals surface area contributed by atoms with E-state index in [2.05, 4.69) is 10.2 Å². The fourth-order valence-corrected chi connectivity index (χ4v) is 5.23. The lowest BCUT2D eigenvalue weighted by atomic mass is 9.92. The van der Waals surface area contributed by atoms with Crippen LogP contribution in [0.3, 0.4) is 0 Å². The highest BCUT2D eigenvalue weighted by molar-refractivity contribution is 8.16. The zero-order chi connectivity index (χ0) is 23.8. The van der Waals surface area contributed by atoms with Gasteiger partial charge in [-0.15, -0.1) is 0 Å². The van der Waals surface area contributed by atoms with Crippen molar-refractivity contribution in [3.8, 4) is 11.3 Å². The van der Waals surface area contributed by atoms with Gasteiger partial charge in [-0.05, 0) is 55.8 Å². The fraction of sp³-hybridized carbons (Fsp3) is 0.160. The second kappa shape index (κ2) is 9.12. The number of benzene rings is 2. The second-order valence-corrected chi connectivity index (χ2v) is 8.99. The Morgan fingerprint density at radius 1 is 1.18 bits per heavy atom. The van der Waals surface area contributed by atoms with Crippen molar-refractivity contribution < 1.29 is 13.9 Å². The zero-order valence-corrected chi connectivity index (χ0v) is 20.0. The highest BCUT2D eigenvalue weighted by Gasteiger charge is 2.42. The van der Waals surface area contributed by atoms with Crippen LogP contribution in [-0.4, -0.2) is 32.8 Å². The first kappa shape index (κ1) is 22.4. The average Bonchev–Trinajstić information content (AvgIpc) is 3.47. The highest BCUT2D eigenvalue weighted by atomic mass is 35.5. The first-order valence-electron chi connectivity index (χ1n) is 10.7. The SMILES string of the molecule is CCOC(=O)C1=C(C)N=C2SC=C(c3ccc(Cl)cc3)N2[C@H]1c1cn[nH]c1-c1ccc(F)cc1. The molecular weight excluding hydrogens is 475 g/mol. The third kappa shape index (κ3) is 3.93. The summed E-state index contributed by atoms with van der Waals surface area (Å²) in [6.45, 7) is 3.82. The summed E-state index contributed by atoms with van der Waals surface area (Å²) < 4.78 is 19.0. The van der Waals surface area contributed by atoms with Gasteiger partial charge in [0, 0.05) is 21.6 Å². The minimum Gasteiger partial charge on any atom is -0.463 e. The zero-order valence-electron chi connectivity index (χ0n) is 18.4. The quantitative estimate of drug-likeness (QED) is 0.430. The second-order valence-electron chi connectivity index (χ2n) is 7.72. The lowest BCUT2D eigenvalue weighted by Crippen LogP contribution is -2.36. The van der Waals surface area contributed by atoms with Crippen LogP contribution in [0.5, 0.6) is 0 Å². The van der Waals surface area contributed by atoms with Crippen molar-refractivity contribution in [3.63, 3.8) is 0 Å². The van der Waals surface area contributed by atoms with Crippen molar-refractivity contribution in [2.24, 2.45) is 4.99 Å². The van der Waals surface area contributed by atoms with E-state index in [0.717, 1.165) is 27.6 Å². The maximum absolute atomic E-state index is 13.6. The molecule has 3 aromatic rings. The smallest absolute Gasteiger partial charge is 0.338 e. The minimum absolute atomic E-state index is 0.240. The predicted molar refractivity (Wildman–Crippen MR) is 132 cm³/mol. The fourth-order valence-electron chi connectivity index (χ4n) is 4.13. The molecule has 0 unspecified atom stereocenters. The van der Waals surface area contributed by atoms with Gasteiger partial charge in [-0.25, -0.2) is 14.2 Å². The molecule has 172 valence electrons. The molecule has 0 saturated heterocycles. The van der Waals surface area contributed by atoms with Crippen molar-refractivity contribution in [2.45, 2.75) is 19.9 Å². The first-order chi connectivity index (χ1) is 16.5. The van der Waals surface area contributed by atoms with Crippen LogP contribution in [0.25, 0.3) is 17.0 Å². The van der Waals surface area contributed by atoms with Gasteiger partial charge in [0.25, 0.3) is 0 Å². The van der Waals surface area contributed by atoms with Crippen molar-refractivity contribution >= 4 is 40.2 Å². The van der Waals surface area contributed by atoms with E-state index < -0.39 is 12.0 Å². The first-order valence-corrected chi connectivity index (χ1v) is 11.9. The van der Waals surface area contributed by atoms with E-state index in [-0.39, 0.29) is 12.4 Å². The molecule has 0 radical (unpaired) electrons. The number of aromatic nitrogens is 2. The molecule has 2 aromatic carbocycles. The molecule has 0 aliphatic carbocycles. The molecule has 1 N–H and O–H groups in total. The molecule has 0 amide bonds. The Kier molecular flexibility index (Phi) is 6.02. The number of aromatic amines is 1. The van der Waals surface area contributed by atoms with Crippen LogP contribution in [0, 0.1) is 5.82 Å². The summed E-state index contributed by atoms with van der Waals surface area (Å²) in [5.41, 5.74) is 5.02. The Morgan fingerprint density at radius 3 is 2.59 bits per heavy atom. The molecule has 1 aromatic heterocycles. The molecule has 0 spiro atoms. The summed E-state index contributed by atoms with van der Waals surface area (Å²) in [6.07, 6.45) is 1.70. The Labute approximate surface area is 205 Å². The lowest BCUT2D eigenvalue weighted by molar-refractivity contribution is -0.139. The third-order valence-corrected chi connectivity index (χ3v) is 6.75. The van der Waals surface area contributed by atoms with E-state index in [1.807, 2.05) is 41.5 Å². The Morgan fingerprint density at radius 2 is 1.88 bits per heavy atom. The van der Waals surface area contributed by atoms with E-state index in [1.165, 1.54) is 23.9 Å². The van der Waals surface area contributed by atoms with E-state index in [9.17, 15) is 9.18 Å². The van der Waals surface area contributed by atoms with Crippen LogP contribution in [0.4, 0.5) is 4.39 Å². The molecule has 34 heavy (non-hydrogen) atoms. The standard InChI is InChI=1S/C25H20ClFN4O2S/c1-3-33-24(32)21-14(2)29-25-31(20(13-34-25)15-4-8-17(26)9-5-15)23(21)19-12-28-30-22(19)16-6-10-18(27)11-7-16/h4-13,23H,3H2,1-2H3,(H,28,30)/t23-/m0/s1. The molecule has 9 heteroatoms. The summed E-state index contributed by atoms with van der Waals surface area (Å²) in [7, 11) is 0. The van der Waals surface area contributed by atoms with Crippen molar-refractivity contribution in [2.75, 3.05) is 6.61 Å². The van der Waals surface area contributed by atoms with Crippen LogP contribution in [0.1, 0.15) is 31.0 Å². The molecular formula is C25H20ClFN4O2S. The molecule has 0 fully saturated rings. The monoisotopic (exact) mass is 494 g/mol. The molecule has 5 rings (SSSR count). The molecule has 3 heterocycles. The minimum atomic E-state index is -0.553. The molecule has 6 nitrogen and oxygen atoms in total. The Bertz CT molecular complexity index is 1350. The van der Waals surface area contributed by atoms with Gasteiger partial charge < -0.3 is 9.64 Å². The number of rotatable bonds is 5. The number of H-pyrrole nitrogens is 1. The van der Waals surface area contributed by atoms with E-state index in [1.54, 1.807) is 25.3 Å². The number of thioether (sulfide) groups is 1. The Hall–Kier alpha value is -3.36. The molecule has 2 aliphatic heterocycles. The van der Waals surface area contributed by atoms with Gasteiger partial charge in [0.15, 0.2) is 5.17 Å². The third-order valence-electron chi connectivity index (χ3n) is 5.66. The van der Waals surface area contributed by atoms with Crippen LogP contribution in [0.2, 0.25) is 5.02 Å². The maximum atomic E-state index is 13.6. The van der Waals surface area contributed by atoms with Gasteiger partial charge >= 0.3 is 5.97 Å². The summed E-state index contributed by atoms with van der Waals surface area (Å²) in [5.74, 6) is -0.768. The molecule has 0 saturated carbocycles. The molecule has 2 aliphatic rings. The summed E-state index contributed by atoms with van der Waals surface area (Å²) in [5, 5.41) is 10.7. The molecule has 1 atom stereocenters. The number of nitrogens with one attached hydrogen (secondary N) is 1.